The van der Waals surface area contributed by atoms with Crippen molar-refractivity contribution in [3.05, 3.63) is 0 Å². The number of aliphatic hydroxyl groups is 1. The van der Waals surface area contributed by atoms with Gasteiger partial charge in [0.05, 0.1) is 5.60 Å². The molecule has 0 aliphatic heterocycles. The molecule has 0 spiro atoms. The predicted molar refractivity (Wildman–Crippen MR) is 75.1 cm³/mol. The normalized spacial score (nSPS) is 24.3. The van der Waals surface area contributed by atoms with Gasteiger partial charge in [0, 0.05) is 18.6 Å². The number of alkyl carbamates (subject to hydrolysis) is 1. The van der Waals surface area contributed by atoms with Crippen molar-refractivity contribution in [2.45, 2.75) is 77.2 Å². The summed E-state index contributed by atoms with van der Waals surface area (Å²) < 4.78 is 5.24. The lowest BCUT2D eigenvalue weighted by Gasteiger charge is -2.23. The van der Waals surface area contributed by atoms with E-state index in [0.29, 0.717) is 12.6 Å². The van der Waals surface area contributed by atoms with Gasteiger partial charge in [0.15, 0.2) is 0 Å². The van der Waals surface area contributed by atoms with Crippen LogP contribution in [0.2, 0.25) is 0 Å². The maximum Gasteiger partial charge on any atom is 0.407 e. The predicted octanol–water partition coefficient (Wildman–Crippen LogP) is 1.79. The van der Waals surface area contributed by atoms with Gasteiger partial charge in [-0.05, 0) is 53.9 Å². The summed E-state index contributed by atoms with van der Waals surface area (Å²) in [4.78, 5) is 11.6. The molecule has 0 aromatic rings. The van der Waals surface area contributed by atoms with E-state index >= 15 is 0 Å². The van der Waals surface area contributed by atoms with E-state index in [4.69, 9.17) is 4.74 Å². The van der Waals surface area contributed by atoms with Gasteiger partial charge in [0.25, 0.3) is 0 Å². The molecule has 1 saturated carbocycles. The van der Waals surface area contributed by atoms with Crippen LogP contribution in [0.4, 0.5) is 4.79 Å². The van der Waals surface area contributed by atoms with Gasteiger partial charge in [0.2, 0.25) is 0 Å². The molecule has 1 rings (SSSR count). The first kappa shape index (κ1) is 16.2. The molecule has 0 radical (unpaired) electrons. The van der Waals surface area contributed by atoms with E-state index < -0.39 is 11.2 Å². The fraction of sp³-hybridized carbons (Fsp3) is 0.929. The summed E-state index contributed by atoms with van der Waals surface area (Å²) in [5, 5.41) is 15.9. The standard InChI is InChI=1S/C14H28N2O3/c1-13(2,3)19-12(17)16-11-7-6-10(8-11)15-9-14(4,5)18/h10-11,15,18H,6-9H2,1-5H3,(H,16,17). The first-order chi connectivity index (χ1) is 8.55. The Hall–Kier alpha value is -0.810. The fourth-order valence-electron chi connectivity index (χ4n) is 2.17. The van der Waals surface area contributed by atoms with Crippen LogP contribution in [0.5, 0.6) is 0 Å². The second kappa shape index (κ2) is 6.09. The van der Waals surface area contributed by atoms with Crippen LogP contribution in [0.15, 0.2) is 0 Å². The van der Waals surface area contributed by atoms with Gasteiger partial charge >= 0.3 is 6.09 Å². The SMILES string of the molecule is CC(C)(O)CNC1CCC(NC(=O)OC(C)(C)C)C1. The van der Waals surface area contributed by atoms with Crippen LogP contribution < -0.4 is 10.6 Å². The summed E-state index contributed by atoms with van der Waals surface area (Å²) in [5.41, 5.74) is -1.15. The van der Waals surface area contributed by atoms with Crippen LogP contribution in [-0.4, -0.2) is 41.0 Å². The van der Waals surface area contributed by atoms with Crippen molar-refractivity contribution in [1.82, 2.24) is 10.6 Å². The average molecular weight is 272 g/mol. The van der Waals surface area contributed by atoms with Crippen molar-refractivity contribution in [2.24, 2.45) is 0 Å². The number of hydrogen-bond acceptors (Lipinski definition) is 4. The van der Waals surface area contributed by atoms with Gasteiger partial charge in [0.1, 0.15) is 5.60 Å². The minimum atomic E-state index is -0.698. The number of rotatable bonds is 4. The minimum absolute atomic E-state index is 0.161. The minimum Gasteiger partial charge on any atom is -0.444 e. The third-order valence-corrected chi connectivity index (χ3v) is 2.98. The Morgan fingerprint density at radius 3 is 2.32 bits per heavy atom. The molecule has 19 heavy (non-hydrogen) atoms. The van der Waals surface area contributed by atoms with Crippen LogP contribution in [-0.2, 0) is 4.74 Å². The highest BCUT2D eigenvalue weighted by Crippen LogP contribution is 2.20. The summed E-state index contributed by atoms with van der Waals surface area (Å²) in [7, 11) is 0. The van der Waals surface area contributed by atoms with Gasteiger partial charge < -0.3 is 20.5 Å². The number of hydrogen-bond donors (Lipinski definition) is 3. The van der Waals surface area contributed by atoms with E-state index in [1.807, 2.05) is 20.8 Å². The van der Waals surface area contributed by atoms with Gasteiger partial charge in [-0.25, -0.2) is 4.79 Å². The largest absolute Gasteiger partial charge is 0.444 e. The molecule has 5 nitrogen and oxygen atoms in total. The zero-order valence-electron chi connectivity index (χ0n) is 12.7. The number of carbonyl (C=O) groups excluding carboxylic acids is 1. The van der Waals surface area contributed by atoms with Crippen LogP contribution in [0, 0.1) is 0 Å². The molecule has 1 aliphatic rings. The van der Waals surface area contributed by atoms with Gasteiger partial charge in [-0.15, -0.1) is 0 Å². The summed E-state index contributed by atoms with van der Waals surface area (Å²) in [6, 6.07) is 0.514. The first-order valence-corrected chi connectivity index (χ1v) is 7.00. The Labute approximate surface area is 116 Å². The molecule has 112 valence electrons. The lowest BCUT2D eigenvalue weighted by molar-refractivity contribution is 0.0503. The molecule has 1 fully saturated rings. The van der Waals surface area contributed by atoms with E-state index in [2.05, 4.69) is 10.6 Å². The van der Waals surface area contributed by atoms with Crippen molar-refractivity contribution in [3.8, 4) is 0 Å². The molecule has 0 heterocycles. The molecule has 0 saturated heterocycles. The smallest absolute Gasteiger partial charge is 0.407 e. The maximum atomic E-state index is 11.6. The van der Waals surface area contributed by atoms with E-state index in [9.17, 15) is 9.90 Å². The maximum absolute atomic E-state index is 11.6. The van der Waals surface area contributed by atoms with E-state index in [1.54, 1.807) is 13.8 Å². The average Bonchev–Trinajstić information content (AvgIpc) is 2.58. The van der Waals surface area contributed by atoms with E-state index in [1.165, 1.54) is 0 Å². The lowest BCUT2D eigenvalue weighted by Crippen LogP contribution is -2.41. The Bertz CT molecular complexity index is 305. The fourth-order valence-corrected chi connectivity index (χ4v) is 2.17. The summed E-state index contributed by atoms with van der Waals surface area (Å²) in [6.07, 6.45) is 2.50. The van der Waals surface area contributed by atoms with Gasteiger partial charge in [-0.1, -0.05) is 0 Å². The topological polar surface area (TPSA) is 70.6 Å². The molecule has 0 aromatic heterocycles. The zero-order valence-corrected chi connectivity index (χ0v) is 12.7. The molecule has 1 amide bonds. The van der Waals surface area contributed by atoms with E-state index in [-0.39, 0.29) is 12.1 Å². The number of amides is 1. The third-order valence-electron chi connectivity index (χ3n) is 2.98. The highest BCUT2D eigenvalue weighted by atomic mass is 16.6. The van der Waals surface area contributed by atoms with Gasteiger partial charge in [-0.2, -0.15) is 0 Å². The van der Waals surface area contributed by atoms with Gasteiger partial charge in [-0.3, -0.25) is 0 Å². The van der Waals surface area contributed by atoms with Crippen LogP contribution in [0.25, 0.3) is 0 Å². The second-order valence-electron chi connectivity index (χ2n) is 7.05. The molecule has 1 aliphatic carbocycles. The number of ether oxygens (including phenoxy) is 1. The number of carbonyl (C=O) groups is 1. The van der Waals surface area contributed by atoms with E-state index in [0.717, 1.165) is 19.3 Å². The summed E-state index contributed by atoms with van der Waals surface area (Å²) >= 11 is 0. The second-order valence-corrected chi connectivity index (χ2v) is 7.05. The van der Waals surface area contributed by atoms with Crippen LogP contribution in [0.1, 0.15) is 53.9 Å². The highest BCUT2D eigenvalue weighted by Gasteiger charge is 2.28. The van der Waals surface area contributed by atoms with Crippen LogP contribution >= 0.6 is 0 Å². The van der Waals surface area contributed by atoms with Crippen molar-refractivity contribution >= 4 is 6.09 Å². The molecule has 3 N–H and O–H groups in total. The third kappa shape index (κ3) is 7.38. The van der Waals surface area contributed by atoms with Crippen molar-refractivity contribution in [3.63, 3.8) is 0 Å². The Morgan fingerprint density at radius 1 is 1.21 bits per heavy atom. The molecule has 0 aromatic carbocycles. The summed E-state index contributed by atoms with van der Waals surface area (Å²) in [5.74, 6) is 0. The van der Waals surface area contributed by atoms with Crippen molar-refractivity contribution in [2.75, 3.05) is 6.54 Å². The lowest BCUT2D eigenvalue weighted by atomic mass is 10.1. The summed E-state index contributed by atoms with van der Waals surface area (Å²) in [6.45, 7) is 9.70. The molecular formula is C14H28N2O3. The Balaban J connectivity index is 2.27. The Morgan fingerprint density at radius 2 is 1.79 bits per heavy atom. The first-order valence-electron chi connectivity index (χ1n) is 7.00. The monoisotopic (exact) mass is 272 g/mol. The van der Waals surface area contributed by atoms with Crippen LogP contribution in [0.3, 0.4) is 0 Å². The Kier molecular flexibility index (Phi) is 5.21. The molecule has 0 bridgehead atoms. The molecule has 2 atom stereocenters. The van der Waals surface area contributed by atoms with Crippen molar-refractivity contribution < 1.29 is 14.6 Å². The van der Waals surface area contributed by atoms with Crippen molar-refractivity contribution in [1.29, 1.82) is 0 Å². The molecule has 2 unspecified atom stereocenters. The molecule has 5 heteroatoms. The quantitative estimate of drug-likeness (QED) is 0.730. The zero-order chi connectivity index (χ0) is 14.7. The molecular weight excluding hydrogens is 244 g/mol. The highest BCUT2D eigenvalue weighted by molar-refractivity contribution is 5.68. The number of nitrogens with one attached hydrogen (secondary N) is 2.